The number of aromatic nitrogens is 3. The second-order valence-corrected chi connectivity index (χ2v) is 6.30. The van der Waals surface area contributed by atoms with Gasteiger partial charge in [-0.3, -0.25) is 9.69 Å². The Hall–Kier alpha value is -3.19. The molecule has 27 heavy (non-hydrogen) atoms. The molecule has 3 rings (SSSR count). The molecule has 1 atom stereocenters. The Kier molecular flexibility index (Phi) is 5.83. The number of hydrogen-bond acceptors (Lipinski definition) is 5. The van der Waals surface area contributed by atoms with E-state index in [-0.39, 0.29) is 18.5 Å². The van der Waals surface area contributed by atoms with Crippen LogP contribution in [0.15, 0.2) is 61.2 Å². The van der Waals surface area contributed by atoms with Crippen LogP contribution in [0.1, 0.15) is 18.5 Å². The summed E-state index contributed by atoms with van der Waals surface area (Å²) < 4.78 is 6.83. The van der Waals surface area contributed by atoms with Crippen LogP contribution < -0.4 is 10.1 Å². The number of nitrogens with one attached hydrogen (secondary N) is 1. The topological polar surface area (TPSA) is 72.3 Å². The summed E-state index contributed by atoms with van der Waals surface area (Å²) in [6, 6.07) is 15.4. The van der Waals surface area contributed by atoms with Gasteiger partial charge in [-0.05, 0) is 55.9 Å². The Morgan fingerprint density at radius 2 is 1.89 bits per heavy atom. The molecule has 1 amide bonds. The molecule has 0 fully saturated rings. The van der Waals surface area contributed by atoms with Crippen LogP contribution >= 0.6 is 0 Å². The van der Waals surface area contributed by atoms with Gasteiger partial charge in [-0.15, -0.1) is 0 Å². The van der Waals surface area contributed by atoms with Gasteiger partial charge in [0.05, 0.1) is 19.3 Å². The molecule has 3 aromatic rings. The third-order valence-corrected chi connectivity index (χ3v) is 4.49. The monoisotopic (exact) mass is 365 g/mol. The summed E-state index contributed by atoms with van der Waals surface area (Å²) in [7, 11) is 3.55. The second kappa shape index (κ2) is 8.46. The van der Waals surface area contributed by atoms with Crippen molar-refractivity contribution in [3.8, 4) is 11.4 Å². The largest absolute Gasteiger partial charge is 0.497 e. The van der Waals surface area contributed by atoms with Crippen LogP contribution in [0.3, 0.4) is 0 Å². The first kappa shape index (κ1) is 18.6. The summed E-state index contributed by atoms with van der Waals surface area (Å²) in [5, 5.41) is 7.02. The van der Waals surface area contributed by atoms with Crippen LogP contribution in [-0.2, 0) is 4.79 Å². The average molecular weight is 365 g/mol. The van der Waals surface area contributed by atoms with Crippen molar-refractivity contribution < 1.29 is 9.53 Å². The van der Waals surface area contributed by atoms with E-state index in [0.29, 0.717) is 0 Å². The van der Waals surface area contributed by atoms with Gasteiger partial charge in [0.25, 0.3) is 0 Å². The highest BCUT2D eigenvalue weighted by Crippen LogP contribution is 2.20. The highest BCUT2D eigenvalue weighted by Gasteiger charge is 2.15. The Bertz CT molecular complexity index is 860. The zero-order valence-electron chi connectivity index (χ0n) is 15.7. The van der Waals surface area contributed by atoms with E-state index in [2.05, 4.69) is 22.3 Å². The summed E-state index contributed by atoms with van der Waals surface area (Å²) >= 11 is 0. The van der Waals surface area contributed by atoms with Gasteiger partial charge in [-0.25, -0.2) is 9.67 Å². The van der Waals surface area contributed by atoms with Crippen LogP contribution in [0, 0.1) is 0 Å². The standard InChI is InChI=1S/C20H23N5O2/c1-15(16-4-8-18(9-5-16)25-14-21-13-22-25)24(2)12-20(26)23-17-6-10-19(27-3)11-7-17/h4-11,13-15H,12H2,1-3H3,(H,23,26)/t15-/m1/s1. The number of likely N-dealkylation sites (N-methyl/N-ethyl adjacent to an activating group) is 1. The molecule has 0 spiro atoms. The first-order valence-electron chi connectivity index (χ1n) is 8.66. The molecule has 1 N–H and O–H groups in total. The first-order chi connectivity index (χ1) is 13.1. The molecule has 0 radical (unpaired) electrons. The molecule has 0 saturated heterocycles. The maximum absolute atomic E-state index is 12.3. The predicted molar refractivity (Wildman–Crippen MR) is 104 cm³/mol. The fourth-order valence-electron chi connectivity index (χ4n) is 2.74. The number of carbonyl (C=O) groups excluding carboxylic acids is 1. The smallest absolute Gasteiger partial charge is 0.238 e. The van der Waals surface area contributed by atoms with E-state index in [1.54, 1.807) is 18.1 Å². The highest BCUT2D eigenvalue weighted by atomic mass is 16.5. The quantitative estimate of drug-likeness (QED) is 0.697. The Labute approximate surface area is 158 Å². The molecule has 7 nitrogen and oxygen atoms in total. The van der Waals surface area contributed by atoms with Crippen LogP contribution in [0.5, 0.6) is 5.75 Å². The Balaban J connectivity index is 1.57. The third-order valence-electron chi connectivity index (χ3n) is 4.49. The summed E-state index contributed by atoms with van der Waals surface area (Å²) in [5.74, 6) is 0.696. The lowest BCUT2D eigenvalue weighted by Crippen LogP contribution is -2.32. The lowest BCUT2D eigenvalue weighted by molar-refractivity contribution is -0.117. The number of ether oxygens (including phenoxy) is 1. The summed E-state index contributed by atoms with van der Waals surface area (Å²) in [4.78, 5) is 18.3. The predicted octanol–water partition coefficient (Wildman–Crippen LogP) is 2.91. The number of anilines is 1. The fraction of sp³-hybridized carbons (Fsp3) is 0.250. The number of methoxy groups -OCH3 is 1. The molecule has 1 heterocycles. The lowest BCUT2D eigenvalue weighted by atomic mass is 10.1. The van der Waals surface area contributed by atoms with Crippen LogP contribution in [0.25, 0.3) is 5.69 Å². The lowest BCUT2D eigenvalue weighted by Gasteiger charge is -2.24. The molecule has 0 bridgehead atoms. The zero-order chi connectivity index (χ0) is 19.2. The number of carbonyl (C=O) groups is 1. The van der Waals surface area contributed by atoms with Gasteiger partial charge in [0.2, 0.25) is 5.91 Å². The number of nitrogens with zero attached hydrogens (tertiary/aromatic N) is 4. The van der Waals surface area contributed by atoms with Crippen LogP contribution in [-0.4, -0.2) is 46.3 Å². The number of benzene rings is 2. The van der Waals surface area contributed by atoms with Crippen molar-refractivity contribution in [3.63, 3.8) is 0 Å². The third kappa shape index (κ3) is 4.71. The SMILES string of the molecule is COc1ccc(NC(=O)CN(C)[C@H](C)c2ccc(-n3cncn3)cc2)cc1. The number of rotatable bonds is 7. The van der Waals surface area contributed by atoms with Gasteiger partial charge in [0.1, 0.15) is 18.4 Å². The normalized spacial score (nSPS) is 12.0. The minimum Gasteiger partial charge on any atom is -0.497 e. The Morgan fingerprint density at radius 1 is 1.19 bits per heavy atom. The van der Waals surface area contributed by atoms with Gasteiger partial charge < -0.3 is 10.1 Å². The molecule has 0 aliphatic heterocycles. The first-order valence-corrected chi connectivity index (χ1v) is 8.66. The fourth-order valence-corrected chi connectivity index (χ4v) is 2.74. The molecule has 140 valence electrons. The molecular weight excluding hydrogens is 342 g/mol. The van der Waals surface area contributed by atoms with Crippen molar-refractivity contribution in [3.05, 3.63) is 66.7 Å². The van der Waals surface area contributed by atoms with Crippen molar-refractivity contribution in [1.82, 2.24) is 19.7 Å². The van der Waals surface area contributed by atoms with Crippen molar-refractivity contribution in [2.75, 3.05) is 26.0 Å². The van der Waals surface area contributed by atoms with E-state index in [1.807, 2.05) is 60.5 Å². The summed E-state index contributed by atoms with van der Waals surface area (Å²) in [5.41, 5.74) is 2.82. The maximum Gasteiger partial charge on any atom is 0.238 e. The molecular formula is C20H23N5O2. The second-order valence-electron chi connectivity index (χ2n) is 6.30. The molecule has 1 aromatic heterocycles. The van der Waals surface area contributed by atoms with Crippen molar-refractivity contribution in [2.24, 2.45) is 0 Å². The summed E-state index contributed by atoms with van der Waals surface area (Å²) in [6.07, 6.45) is 3.17. The molecule has 2 aromatic carbocycles. The van der Waals surface area contributed by atoms with Crippen LogP contribution in [0.4, 0.5) is 5.69 Å². The molecule has 0 unspecified atom stereocenters. The minimum atomic E-state index is -0.0613. The van der Waals surface area contributed by atoms with Crippen LogP contribution in [0.2, 0.25) is 0 Å². The van der Waals surface area contributed by atoms with Gasteiger partial charge in [-0.2, -0.15) is 5.10 Å². The Morgan fingerprint density at radius 3 is 2.48 bits per heavy atom. The molecule has 0 aliphatic carbocycles. The molecule has 0 saturated carbocycles. The van der Waals surface area contributed by atoms with Gasteiger partial charge >= 0.3 is 0 Å². The molecule has 0 aliphatic rings. The van der Waals surface area contributed by atoms with E-state index in [9.17, 15) is 4.79 Å². The van der Waals surface area contributed by atoms with E-state index < -0.39 is 0 Å². The highest BCUT2D eigenvalue weighted by molar-refractivity contribution is 5.92. The van der Waals surface area contributed by atoms with E-state index >= 15 is 0 Å². The maximum atomic E-state index is 12.3. The van der Waals surface area contributed by atoms with Gasteiger partial charge in [0.15, 0.2) is 0 Å². The van der Waals surface area contributed by atoms with Crippen molar-refractivity contribution in [2.45, 2.75) is 13.0 Å². The average Bonchev–Trinajstić information content (AvgIpc) is 3.23. The number of hydrogen-bond donors (Lipinski definition) is 1. The van der Waals surface area contributed by atoms with Gasteiger partial charge in [0, 0.05) is 11.7 Å². The van der Waals surface area contributed by atoms with E-state index in [4.69, 9.17) is 4.74 Å². The van der Waals surface area contributed by atoms with E-state index in [0.717, 1.165) is 22.7 Å². The van der Waals surface area contributed by atoms with Gasteiger partial charge in [-0.1, -0.05) is 12.1 Å². The van der Waals surface area contributed by atoms with E-state index in [1.165, 1.54) is 6.33 Å². The minimum absolute atomic E-state index is 0.0613. The molecule has 7 heteroatoms. The summed E-state index contributed by atoms with van der Waals surface area (Å²) in [6.45, 7) is 2.36. The zero-order valence-corrected chi connectivity index (χ0v) is 15.7. The number of amides is 1. The van der Waals surface area contributed by atoms with Crippen molar-refractivity contribution in [1.29, 1.82) is 0 Å². The van der Waals surface area contributed by atoms with Crippen molar-refractivity contribution >= 4 is 11.6 Å².